The van der Waals surface area contributed by atoms with Gasteiger partial charge in [-0.25, -0.2) is 0 Å². The molecule has 0 radical (unpaired) electrons. The van der Waals surface area contributed by atoms with Gasteiger partial charge in [-0.2, -0.15) is 10.5 Å². The van der Waals surface area contributed by atoms with Gasteiger partial charge in [0, 0.05) is 12.8 Å². The van der Waals surface area contributed by atoms with Crippen LogP contribution in [0, 0.1) is 50.4 Å². The maximum atomic E-state index is 7.62. The summed E-state index contributed by atoms with van der Waals surface area (Å²) in [6.07, 6.45) is 5.56. The zero-order valence-electron chi connectivity index (χ0n) is 55.5. The van der Waals surface area contributed by atoms with Crippen LogP contribution in [0.2, 0.25) is 6.82 Å². The fourth-order valence-corrected chi connectivity index (χ4v) is 14.2. The summed E-state index contributed by atoms with van der Waals surface area (Å²) < 4.78 is 11.1. The van der Waals surface area contributed by atoms with Crippen LogP contribution in [0.15, 0.2) is 231 Å². The molecule has 5 aliphatic rings. The molecule has 0 N–H and O–H groups in total. The first-order valence-corrected chi connectivity index (χ1v) is 32.4. The molecule has 1 aliphatic heterocycles. The minimum absolute atomic E-state index is 0.0648. The molecule has 5 heteroatoms. The van der Waals surface area contributed by atoms with Gasteiger partial charge in [-0.05, 0) is 188 Å². The number of aryl methyl sites for hydroxylation is 6. The lowest BCUT2D eigenvalue weighted by molar-refractivity contribution is 0.00578. The molecule has 2 spiro atoms. The lowest BCUT2D eigenvalue weighted by Crippen LogP contribution is -2.41. The average molecular weight is 1180 g/mol. The van der Waals surface area contributed by atoms with Crippen LogP contribution >= 0.6 is 0 Å². The second kappa shape index (κ2) is 28.8. The first kappa shape index (κ1) is 65.6. The molecule has 1 saturated heterocycles. The Morgan fingerprint density at radius 1 is 0.344 bits per heavy atom. The Bertz CT molecular complexity index is 3710. The van der Waals surface area contributed by atoms with Gasteiger partial charge in [-0.1, -0.05) is 280 Å². The maximum Gasteiger partial charge on any atom is 0.454 e. The lowest BCUT2D eigenvalue weighted by Gasteiger charge is -2.40. The number of fused-ring (bicyclic) bond motifs is 18. The van der Waals surface area contributed by atoms with Crippen molar-refractivity contribution < 1.29 is 9.31 Å². The Morgan fingerprint density at radius 2 is 0.556 bits per heavy atom. The van der Waals surface area contributed by atoms with Gasteiger partial charge in [0.2, 0.25) is 0 Å². The summed E-state index contributed by atoms with van der Waals surface area (Å²) in [5.74, 6) is 0. The Kier molecular flexibility index (Phi) is 21.0. The van der Waals surface area contributed by atoms with Crippen molar-refractivity contribution in [2.24, 2.45) is 0 Å². The third-order valence-corrected chi connectivity index (χ3v) is 18.4. The zero-order valence-corrected chi connectivity index (χ0v) is 55.5. The second-order valence-corrected chi connectivity index (χ2v) is 25.2. The van der Waals surface area contributed by atoms with E-state index in [0.29, 0.717) is 12.8 Å². The third kappa shape index (κ3) is 13.1. The summed E-state index contributed by atoms with van der Waals surface area (Å²) in [6.45, 7) is 26.7. The van der Waals surface area contributed by atoms with Gasteiger partial charge in [0.15, 0.2) is 0 Å². The van der Waals surface area contributed by atoms with Crippen LogP contribution in [0.25, 0.3) is 22.3 Å². The van der Waals surface area contributed by atoms with Crippen molar-refractivity contribution in [1.82, 2.24) is 0 Å². The highest BCUT2D eigenvalue weighted by atomic mass is 16.7. The molecule has 454 valence electrons. The monoisotopic (exact) mass is 1180 g/mol. The maximum absolute atomic E-state index is 7.62. The average Bonchev–Trinajstić information content (AvgIpc) is 1.49. The first-order valence-electron chi connectivity index (χ1n) is 32.4. The predicted molar refractivity (Wildman–Crippen MR) is 377 cm³/mol. The van der Waals surface area contributed by atoms with Gasteiger partial charge in [0.25, 0.3) is 0 Å². The number of nitrogens with zero attached hydrogens (tertiary/aromatic N) is 2. The molecule has 4 aliphatic carbocycles. The second-order valence-electron chi connectivity index (χ2n) is 25.2. The van der Waals surface area contributed by atoms with E-state index in [1.165, 1.54) is 122 Å². The van der Waals surface area contributed by atoms with Crippen molar-refractivity contribution in [3.63, 3.8) is 0 Å². The number of hydrogen-bond donors (Lipinski definition) is 0. The highest BCUT2D eigenvalue weighted by molar-refractivity contribution is 6.43. The number of rotatable bonds is 2. The molecule has 1 fully saturated rings. The SMILES string of the molecule is CB1OC(C)(C)C(C)(C)O1.CCC#N.CCC#N.CCc1cc(C)cc(C)c1.CCc1cc(C)cc(C)c1.c1ccc2c(c1)Cc1ccccc1C21c2ccccc2-c2ccccc21.c1ccc2c(c1)Cc1ccccc1C21c2ccccc2-c2ccccc21. The fourth-order valence-electron chi connectivity index (χ4n) is 14.2. The smallest absolute Gasteiger partial charge is 0.403 e. The highest BCUT2D eigenvalue weighted by Gasteiger charge is 2.51. The van der Waals surface area contributed by atoms with Crippen molar-refractivity contribution in [3.8, 4) is 34.4 Å². The molecule has 90 heavy (non-hydrogen) atoms. The largest absolute Gasteiger partial charge is 0.454 e. The van der Waals surface area contributed by atoms with Crippen molar-refractivity contribution >= 4 is 7.12 Å². The minimum Gasteiger partial charge on any atom is -0.403 e. The van der Waals surface area contributed by atoms with E-state index in [4.69, 9.17) is 19.8 Å². The van der Waals surface area contributed by atoms with Gasteiger partial charge < -0.3 is 9.31 Å². The summed E-state index contributed by atoms with van der Waals surface area (Å²) >= 11 is 0. The van der Waals surface area contributed by atoms with Crippen molar-refractivity contribution in [2.45, 2.75) is 150 Å². The lowest BCUT2D eigenvalue weighted by atomic mass is 9.61. The molecule has 0 atom stereocenters. The van der Waals surface area contributed by atoms with Crippen LogP contribution in [0.3, 0.4) is 0 Å². The molecular weight excluding hydrogens is 1090 g/mol. The first-order chi connectivity index (χ1) is 43.4. The van der Waals surface area contributed by atoms with Gasteiger partial charge >= 0.3 is 7.12 Å². The summed E-state index contributed by atoms with van der Waals surface area (Å²) in [5.41, 5.74) is 30.3. The standard InChI is InChI=1S/2C26H18.2C10H14.C7H15BO2.2C3H5N/c2*1-5-13-22-18(9-1)17-19-10-2-6-14-23(19)26(22)24-15-7-3-11-20(24)21-12-4-8-16-25(21)26;2*1-4-10-6-8(2)5-9(3)7-10;1-6(2)7(3,4)10-8(5)9-6;2*1-2-3-4/h2*1-16H,17H2;2*5-7H,4H2,1-3H3;1-5H3;2*2H2,1H3. The van der Waals surface area contributed by atoms with E-state index >= 15 is 0 Å². The van der Waals surface area contributed by atoms with Gasteiger partial charge in [0.05, 0.1) is 34.2 Å². The molecule has 10 aromatic rings. The summed E-state index contributed by atoms with van der Waals surface area (Å²) in [5, 5.41) is 15.2. The van der Waals surface area contributed by atoms with Gasteiger partial charge in [0.1, 0.15) is 0 Å². The van der Waals surface area contributed by atoms with E-state index in [-0.39, 0.29) is 29.2 Å². The normalized spacial score (nSPS) is 14.6. The van der Waals surface area contributed by atoms with Gasteiger partial charge in [-0.3, -0.25) is 0 Å². The molecule has 15 rings (SSSR count). The topological polar surface area (TPSA) is 66.0 Å². The fraction of sp³-hybridized carbons (Fsp3) is 0.271. The summed E-state index contributed by atoms with van der Waals surface area (Å²) in [7, 11) is -0.0648. The number of hydrogen-bond acceptors (Lipinski definition) is 4. The van der Waals surface area contributed by atoms with Crippen molar-refractivity contribution in [1.29, 1.82) is 10.5 Å². The van der Waals surface area contributed by atoms with Crippen molar-refractivity contribution in [2.75, 3.05) is 0 Å². The molecule has 4 nitrogen and oxygen atoms in total. The van der Waals surface area contributed by atoms with Crippen LogP contribution in [-0.4, -0.2) is 18.3 Å². The molecule has 0 bridgehead atoms. The molecule has 10 aromatic carbocycles. The van der Waals surface area contributed by atoms with E-state index in [2.05, 4.69) is 300 Å². The van der Waals surface area contributed by atoms with Crippen LogP contribution in [-0.2, 0) is 45.8 Å². The Labute approximate surface area is 539 Å². The van der Waals surface area contributed by atoms with Crippen LogP contribution < -0.4 is 0 Å². The van der Waals surface area contributed by atoms with E-state index in [0.717, 1.165) is 25.7 Å². The molecule has 0 aromatic heterocycles. The quantitative estimate of drug-likeness (QED) is 0.162. The summed E-state index contributed by atoms with van der Waals surface area (Å²) in [4.78, 5) is 0. The Morgan fingerprint density at radius 3 is 0.756 bits per heavy atom. The van der Waals surface area contributed by atoms with Crippen LogP contribution in [0.4, 0.5) is 0 Å². The predicted octanol–water partition coefficient (Wildman–Crippen LogP) is 21.2. The number of benzene rings is 10. The minimum atomic E-state index is -0.196. The molecular formula is C85H89BN2O2. The molecule has 0 unspecified atom stereocenters. The van der Waals surface area contributed by atoms with E-state index in [9.17, 15) is 0 Å². The zero-order chi connectivity index (χ0) is 64.2. The summed E-state index contributed by atoms with van der Waals surface area (Å²) in [6, 6.07) is 89.1. The van der Waals surface area contributed by atoms with Crippen LogP contribution in [0.1, 0.15) is 168 Å². The molecule has 0 saturated carbocycles. The Balaban J connectivity index is 0.000000139. The third-order valence-electron chi connectivity index (χ3n) is 18.4. The van der Waals surface area contributed by atoms with E-state index < -0.39 is 0 Å². The molecule has 1 heterocycles. The number of nitriles is 2. The van der Waals surface area contributed by atoms with Crippen LogP contribution in [0.5, 0.6) is 0 Å². The molecule has 0 amide bonds. The van der Waals surface area contributed by atoms with E-state index in [1.807, 2.05) is 32.8 Å². The Hall–Kier alpha value is -8.84. The van der Waals surface area contributed by atoms with Crippen molar-refractivity contribution in [3.05, 3.63) is 331 Å². The highest BCUT2D eigenvalue weighted by Crippen LogP contribution is 2.60. The van der Waals surface area contributed by atoms with Gasteiger partial charge in [-0.15, -0.1) is 0 Å². The van der Waals surface area contributed by atoms with E-state index in [1.54, 1.807) is 0 Å².